The van der Waals surface area contributed by atoms with E-state index in [-0.39, 0.29) is 0 Å². The van der Waals surface area contributed by atoms with Crippen molar-refractivity contribution in [2.75, 3.05) is 11.9 Å². The van der Waals surface area contributed by atoms with Gasteiger partial charge < -0.3 is 10.6 Å². The molecule has 4 aromatic rings. The first-order valence-electron chi connectivity index (χ1n) is 9.46. The molecular formula is C21H21N7S. The van der Waals surface area contributed by atoms with Crippen molar-refractivity contribution in [1.82, 2.24) is 30.0 Å². The maximum absolute atomic E-state index is 5.21. The molecule has 0 radical (unpaired) electrons. The van der Waals surface area contributed by atoms with Gasteiger partial charge in [-0.05, 0) is 43.3 Å². The Morgan fingerprint density at radius 2 is 1.93 bits per heavy atom. The summed E-state index contributed by atoms with van der Waals surface area (Å²) < 4.78 is 1.93. The van der Waals surface area contributed by atoms with Crippen LogP contribution < -0.4 is 10.6 Å². The van der Waals surface area contributed by atoms with Gasteiger partial charge >= 0.3 is 0 Å². The van der Waals surface area contributed by atoms with Gasteiger partial charge in [-0.25, -0.2) is 9.97 Å². The molecule has 2 N–H and O–H groups in total. The van der Waals surface area contributed by atoms with Crippen molar-refractivity contribution in [2.45, 2.75) is 19.9 Å². The van der Waals surface area contributed by atoms with Gasteiger partial charge in [0, 0.05) is 24.8 Å². The van der Waals surface area contributed by atoms with Crippen molar-refractivity contribution in [3.8, 4) is 11.3 Å². The van der Waals surface area contributed by atoms with Crippen LogP contribution in [-0.4, -0.2) is 36.4 Å². The molecule has 146 valence electrons. The van der Waals surface area contributed by atoms with Gasteiger partial charge in [0.05, 0.1) is 18.1 Å². The summed E-state index contributed by atoms with van der Waals surface area (Å²) in [6, 6.07) is 14.1. The van der Waals surface area contributed by atoms with Crippen molar-refractivity contribution in [2.24, 2.45) is 0 Å². The Labute approximate surface area is 174 Å². The third-order valence-electron chi connectivity index (χ3n) is 4.39. The fourth-order valence-electron chi connectivity index (χ4n) is 2.93. The van der Waals surface area contributed by atoms with E-state index in [1.807, 2.05) is 42.2 Å². The predicted molar refractivity (Wildman–Crippen MR) is 119 cm³/mol. The molecule has 3 heterocycles. The summed E-state index contributed by atoms with van der Waals surface area (Å²) in [5.74, 6) is 0.633. The summed E-state index contributed by atoms with van der Waals surface area (Å²) >= 11 is 5.21. The average molecular weight is 404 g/mol. The SMILES string of the molecule is CCNC(=S)Nc1ccc2ncc(-c3cnn(CCc4ccccc4)c3)nc2n1. The largest absolute Gasteiger partial charge is 0.363 e. The van der Waals surface area contributed by atoms with E-state index in [2.05, 4.69) is 54.9 Å². The minimum atomic E-state index is 0.531. The van der Waals surface area contributed by atoms with Crippen LogP contribution in [0.2, 0.25) is 0 Å². The zero-order chi connectivity index (χ0) is 20.1. The summed E-state index contributed by atoms with van der Waals surface area (Å²) in [5.41, 5.74) is 4.22. The molecule has 0 unspecified atom stereocenters. The topological polar surface area (TPSA) is 80.5 Å². The van der Waals surface area contributed by atoms with E-state index in [0.29, 0.717) is 16.6 Å². The third kappa shape index (κ3) is 4.72. The van der Waals surface area contributed by atoms with Crippen LogP contribution in [0.3, 0.4) is 0 Å². The van der Waals surface area contributed by atoms with E-state index < -0.39 is 0 Å². The number of aromatic nitrogens is 5. The smallest absolute Gasteiger partial charge is 0.180 e. The van der Waals surface area contributed by atoms with Gasteiger partial charge in [0.25, 0.3) is 0 Å². The highest BCUT2D eigenvalue weighted by atomic mass is 32.1. The maximum atomic E-state index is 5.21. The molecule has 3 aromatic heterocycles. The minimum Gasteiger partial charge on any atom is -0.363 e. The van der Waals surface area contributed by atoms with Crippen LogP contribution in [0.15, 0.2) is 61.1 Å². The van der Waals surface area contributed by atoms with Crippen LogP contribution in [-0.2, 0) is 13.0 Å². The predicted octanol–water partition coefficient (Wildman–Crippen LogP) is 3.44. The molecule has 0 fully saturated rings. The van der Waals surface area contributed by atoms with E-state index in [1.54, 1.807) is 6.20 Å². The lowest BCUT2D eigenvalue weighted by Crippen LogP contribution is -2.28. The van der Waals surface area contributed by atoms with Gasteiger partial charge in [-0.2, -0.15) is 5.10 Å². The van der Waals surface area contributed by atoms with Crippen molar-refractivity contribution in [3.05, 3.63) is 66.6 Å². The van der Waals surface area contributed by atoms with Crippen molar-refractivity contribution < 1.29 is 0 Å². The first-order chi connectivity index (χ1) is 14.2. The second-order valence-electron chi connectivity index (χ2n) is 6.51. The first kappa shape index (κ1) is 18.9. The standard InChI is InChI=1S/C21H21N7S/c1-2-22-21(29)27-19-9-8-17-20(26-19)25-18(13-23-17)16-12-24-28(14-16)11-10-15-6-4-3-5-7-15/h3-9,12-14H,2,10-11H2,1H3,(H2,22,25,26,27,29). The number of aryl methyl sites for hydroxylation is 2. The molecular weight excluding hydrogens is 382 g/mol. The Kier molecular flexibility index (Phi) is 5.71. The molecule has 0 saturated carbocycles. The second kappa shape index (κ2) is 8.74. The summed E-state index contributed by atoms with van der Waals surface area (Å²) in [4.78, 5) is 13.7. The van der Waals surface area contributed by atoms with E-state index in [4.69, 9.17) is 12.2 Å². The van der Waals surface area contributed by atoms with Gasteiger partial charge in [-0.15, -0.1) is 0 Å². The molecule has 0 bridgehead atoms. The summed E-state index contributed by atoms with van der Waals surface area (Å²) in [6.07, 6.45) is 6.47. The van der Waals surface area contributed by atoms with Crippen LogP contribution >= 0.6 is 12.2 Å². The monoisotopic (exact) mass is 403 g/mol. The fourth-order valence-corrected chi connectivity index (χ4v) is 3.18. The Hall–Kier alpha value is -3.39. The van der Waals surface area contributed by atoms with Crippen LogP contribution in [0.25, 0.3) is 22.4 Å². The molecule has 7 nitrogen and oxygen atoms in total. The van der Waals surface area contributed by atoms with Crippen LogP contribution in [0.4, 0.5) is 5.82 Å². The number of anilines is 1. The lowest BCUT2D eigenvalue weighted by atomic mass is 10.1. The molecule has 0 spiro atoms. The number of thiocarbonyl (C=S) groups is 1. The molecule has 8 heteroatoms. The Morgan fingerprint density at radius 3 is 2.76 bits per heavy atom. The molecule has 0 aliphatic heterocycles. The van der Waals surface area contributed by atoms with Gasteiger partial charge in [0.2, 0.25) is 0 Å². The quantitative estimate of drug-likeness (QED) is 0.477. The fraction of sp³-hybridized carbons (Fsp3) is 0.190. The number of pyridine rings is 1. The minimum absolute atomic E-state index is 0.531. The van der Waals surface area contributed by atoms with Crippen LogP contribution in [0, 0.1) is 0 Å². The highest BCUT2D eigenvalue weighted by Crippen LogP contribution is 2.19. The molecule has 0 aliphatic rings. The summed E-state index contributed by atoms with van der Waals surface area (Å²) in [6.45, 7) is 3.54. The zero-order valence-corrected chi connectivity index (χ0v) is 16.9. The van der Waals surface area contributed by atoms with Gasteiger partial charge in [0.15, 0.2) is 10.8 Å². The number of benzene rings is 1. The van der Waals surface area contributed by atoms with Gasteiger partial charge in [-0.1, -0.05) is 30.3 Å². The second-order valence-corrected chi connectivity index (χ2v) is 6.91. The van der Waals surface area contributed by atoms with Gasteiger partial charge in [0.1, 0.15) is 11.3 Å². The van der Waals surface area contributed by atoms with Crippen molar-refractivity contribution in [3.63, 3.8) is 0 Å². The molecule has 29 heavy (non-hydrogen) atoms. The normalized spacial score (nSPS) is 10.8. The summed E-state index contributed by atoms with van der Waals surface area (Å²) in [7, 11) is 0. The number of nitrogens with zero attached hydrogens (tertiary/aromatic N) is 5. The zero-order valence-electron chi connectivity index (χ0n) is 16.0. The van der Waals surface area contributed by atoms with E-state index in [9.17, 15) is 0 Å². The number of rotatable bonds is 6. The average Bonchev–Trinajstić information content (AvgIpc) is 3.22. The third-order valence-corrected chi connectivity index (χ3v) is 4.63. The lowest BCUT2D eigenvalue weighted by Gasteiger charge is -2.08. The molecule has 0 saturated heterocycles. The van der Waals surface area contributed by atoms with Crippen molar-refractivity contribution >= 4 is 34.3 Å². The van der Waals surface area contributed by atoms with E-state index >= 15 is 0 Å². The van der Waals surface area contributed by atoms with E-state index in [0.717, 1.165) is 36.3 Å². The van der Waals surface area contributed by atoms with Crippen LogP contribution in [0.1, 0.15) is 12.5 Å². The lowest BCUT2D eigenvalue weighted by molar-refractivity contribution is 0.615. The molecule has 0 aliphatic carbocycles. The summed E-state index contributed by atoms with van der Waals surface area (Å²) in [5, 5.41) is 11.1. The number of nitrogens with one attached hydrogen (secondary N) is 2. The number of hydrogen-bond donors (Lipinski definition) is 2. The molecule has 0 amide bonds. The molecule has 4 rings (SSSR count). The Balaban J connectivity index is 1.51. The highest BCUT2D eigenvalue weighted by molar-refractivity contribution is 7.80. The Bertz CT molecular complexity index is 1120. The molecule has 0 atom stereocenters. The first-order valence-corrected chi connectivity index (χ1v) is 9.87. The number of fused-ring (bicyclic) bond motifs is 1. The number of hydrogen-bond acceptors (Lipinski definition) is 5. The maximum Gasteiger partial charge on any atom is 0.180 e. The van der Waals surface area contributed by atoms with Crippen molar-refractivity contribution in [1.29, 1.82) is 0 Å². The van der Waals surface area contributed by atoms with E-state index in [1.165, 1.54) is 5.56 Å². The van der Waals surface area contributed by atoms with Gasteiger partial charge in [-0.3, -0.25) is 9.67 Å². The van der Waals surface area contributed by atoms with Crippen LogP contribution in [0.5, 0.6) is 0 Å². The molecule has 1 aromatic carbocycles. The highest BCUT2D eigenvalue weighted by Gasteiger charge is 2.08. The Morgan fingerprint density at radius 1 is 1.07 bits per heavy atom.